The molecule has 0 saturated carbocycles. The minimum atomic E-state index is 0.231. The molecule has 3 aliphatic rings. The molecule has 150 valence electrons. The van der Waals surface area contributed by atoms with Crippen LogP contribution >= 0.6 is 0 Å². The van der Waals surface area contributed by atoms with Crippen molar-refractivity contribution in [3.05, 3.63) is 59.0 Å². The smallest absolute Gasteiger partial charge is 0.132 e. The largest absolute Gasteiger partial charge is 0.384 e. The van der Waals surface area contributed by atoms with E-state index in [9.17, 15) is 0 Å². The van der Waals surface area contributed by atoms with Crippen molar-refractivity contribution in [3.63, 3.8) is 0 Å². The second-order valence-electron chi connectivity index (χ2n) is 7.76. The summed E-state index contributed by atoms with van der Waals surface area (Å²) < 4.78 is 0. The lowest BCUT2D eigenvalue weighted by atomic mass is 10.0. The maximum absolute atomic E-state index is 7.49. The first-order valence-electron chi connectivity index (χ1n) is 9.83. The highest BCUT2D eigenvalue weighted by atomic mass is 15.1. The van der Waals surface area contributed by atoms with Crippen LogP contribution in [0.3, 0.4) is 0 Å². The van der Waals surface area contributed by atoms with Crippen molar-refractivity contribution in [2.45, 2.75) is 32.7 Å². The Kier molecular flexibility index (Phi) is 6.36. The Morgan fingerprint density at radius 3 is 2.75 bits per heavy atom. The van der Waals surface area contributed by atoms with E-state index in [0.717, 1.165) is 48.6 Å². The molecule has 0 aromatic rings. The first-order chi connectivity index (χ1) is 13.4. The Labute approximate surface area is 167 Å². The fourth-order valence-electron chi connectivity index (χ4n) is 3.35. The molecule has 0 unspecified atom stereocenters. The number of dihydropyridines is 2. The molecule has 0 aliphatic carbocycles. The molecule has 3 aliphatic heterocycles. The molecule has 7 nitrogen and oxygen atoms in total. The van der Waals surface area contributed by atoms with Crippen LogP contribution in [0.2, 0.25) is 0 Å². The lowest BCUT2D eigenvalue weighted by molar-refractivity contribution is 0.242. The van der Waals surface area contributed by atoms with E-state index in [0.29, 0.717) is 17.7 Å². The summed E-state index contributed by atoms with van der Waals surface area (Å²) in [5.74, 6) is 1.29. The summed E-state index contributed by atoms with van der Waals surface area (Å²) in [4.78, 5) is 6.82. The van der Waals surface area contributed by atoms with Gasteiger partial charge in [-0.3, -0.25) is 0 Å². The molecule has 28 heavy (non-hydrogen) atoms. The van der Waals surface area contributed by atoms with Crippen LogP contribution in [0, 0.1) is 11.3 Å². The number of likely N-dealkylation sites (tertiary alicyclic amines) is 1. The maximum Gasteiger partial charge on any atom is 0.132 e. The molecular weight excluding hydrogens is 350 g/mol. The molecule has 3 rings (SSSR count). The van der Waals surface area contributed by atoms with Gasteiger partial charge in [0, 0.05) is 18.5 Å². The number of nitrogens with two attached hydrogens (primary N) is 1. The molecule has 1 fully saturated rings. The van der Waals surface area contributed by atoms with Crippen LogP contribution in [-0.2, 0) is 0 Å². The molecule has 0 aromatic heterocycles. The lowest BCUT2D eigenvalue weighted by Gasteiger charge is -2.31. The fourth-order valence-corrected chi connectivity index (χ4v) is 3.35. The van der Waals surface area contributed by atoms with Gasteiger partial charge in [-0.25, -0.2) is 4.99 Å². The molecule has 0 amide bonds. The van der Waals surface area contributed by atoms with Gasteiger partial charge in [0.15, 0.2) is 0 Å². The molecule has 1 saturated heterocycles. The van der Waals surface area contributed by atoms with Crippen LogP contribution in [0.5, 0.6) is 0 Å². The summed E-state index contributed by atoms with van der Waals surface area (Å²) in [6.45, 7) is 6.31. The number of hydrogen-bond donors (Lipinski definition) is 5. The highest BCUT2D eigenvalue weighted by molar-refractivity contribution is 5.97. The average Bonchev–Trinajstić information content (AvgIpc) is 2.67. The topological polar surface area (TPSA) is 102 Å². The van der Waals surface area contributed by atoms with Gasteiger partial charge in [0.05, 0.1) is 17.1 Å². The first-order valence-corrected chi connectivity index (χ1v) is 9.83. The van der Waals surface area contributed by atoms with Crippen molar-refractivity contribution >= 4 is 12.1 Å². The number of fused-ring (bicyclic) bond motifs is 1. The standard InChI is InChI=1S/C21H31N7/c1-14(2)15(12-22)10-20(23)27-21-5-4-18-19(26-21)11-17(13-24-18)25-16-6-8-28(3)9-7-16/h4-5,10-14,16,22,24-26H,6-9H2,1-3H3,(H2,23,27). The number of nitrogens with zero attached hydrogens (tertiary/aromatic N) is 2. The Morgan fingerprint density at radius 2 is 2.07 bits per heavy atom. The van der Waals surface area contributed by atoms with Crippen LogP contribution in [0.4, 0.5) is 0 Å². The Bertz CT molecular complexity index is 788. The SMILES string of the molecule is CC(C)C(C=N)=CC(N)=NC1=CC=C2NC=C(NC3CCN(C)CC3)C=C2N1. The molecule has 6 N–H and O–H groups in total. The minimum absolute atomic E-state index is 0.231. The van der Waals surface area contributed by atoms with Crippen molar-refractivity contribution in [1.82, 2.24) is 20.9 Å². The van der Waals surface area contributed by atoms with E-state index in [1.807, 2.05) is 32.2 Å². The van der Waals surface area contributed by atoms with Gasteiger partial charge in [0.25, 0.3) is 0 Å². The molecule has 0 radical (unpaired) electrons. The number of nitrogens with one attached hydrogen (secondary N) is 4. The predicted octanol–water partition coefficient (Wildman–Crippen LogP) is 1.92. The van der Waals surface area contributed by atoms with E-state index < -0.39 is 0 Å². The van der Waals surface area contributed by atoms with Crippen LogP contribution < -0.4 is 21.7 Å². The summed E-state index contributed by atoms with van der Waals surface area (Å²) in [5, 5.41) is 17.8. The number of amidine groups is 1. The monoisotopic (exact) mass is 381 g/mol. The average molecular weight is 382 g/mol. The van der Waals surface area contributed by atoms with Gasteiger partial charge in [-0.1, -0.05) is 13.8 Å². The van der Waals surface area contributed by atoms with Crippen molar-refractivity contribution < 1.29 is 0 Å². The maximum atomic E-state index is 7.49. The van der Waals surface area contributed by atoms with Crippen LogP contribution in [0.1, 0.15) is 26.7 Å². The van der Waals surface area contributed by atoms with E-state index in [4.69, 9.17) is 11.1 Å². The van der Waals surface area contributed by atoms with Crippen LogP contribution in [0.15, 0.2) is 64.0 Å². The normalized spacial score (nSPS) is 21.6. The number of hydrogen-bond acceptors (Lipinski definition) is 6. The zero-order chi connectivity index (χ0) is 20.1. The second kappa shape index (κ2) is 8.93. The third-order valence-corrected chi connectivity index (χ3v) is 5.13. The van der Waals surface area contributed by atoms with Crippen LogP contribution in [0.25, 0.3) is 0 Å². The van der Waals surface area contributed by atoms with Crippen molar-refractivity contribution in [2.24, 2.45) is 16.6 Å². The molecule has 0 atom stereocenters. The predicted molar refractivity (Wildman–Crippen MR) is 116 cm³/mol. The summed E-state index contributed by atoms with van der Waals surface area (Å²) in [5.41, 5.74) is 9.94. The summed E-state index contributed by atoms with van der Waals surface area (Å²) in [7, 11) is 2.17. The quantitative estimate of drug-likeness (QED) is 0.357. The third-order valence-electron chi connectivity index (χ3n) is 5.13. The van der Waals surface area contributed by atoms with E-state index >= 15 is 0 Å². The van der Waals surface area contributed by atoms with Crippen molar-refractivity contribution in [1.29, 1.82) is 5.41 Å². The molecule has 0 aromatic carbocycles. The van der Waals surface area contributed by atoms with Gasteiger partial charge >= 0.3 is 0 Å². The summed E-state index contributed by atoms with van der Waals surface area (Å²) >= 11 is 0. The summed E-state index contributed by atoms with van der Waals surface area (Å²) in [6, 6.07) is 0.500. The molecule has 0 bridgehead atoms. The van der Waals surface area contributed by atoms with Crippen molar-refractivity contribution in [3.8, 4) is 0 Å². The van der Waals surface area contributed by atoms with E-state index in [1.54, 1.807) is 6.08 Å². The number of aliphatic imine (C=N–C) groups is 1. The minimum Gasteiger partial charge on any atom is -0.384 e. The van der Waals surface area contributed by atoms with E-state index in [1.165, 1.54) is 6.21 Å². The lowest BCUT2D eigenvalue weighted by Crippen LogP contribution is -2.41. The first kappa shape index (κ1) is 19.9. The van der Waals surface area contributed by atoms with E-state index in [-0.39, 0.29) is 5.92 Å². The molecule has 0 spiro atoms. The number of allylic oxidation sites excluding steroid dienone is 4. The zero-order valence-corrected chi connectivity index (χ0v) is 16.9. The van der Waals surface area contributed by atoms with Gasteiger partial charge in [-0.2, -0.15) is 0 Å². The van der Waals surface area contributed by atoms with Crippen LogP contribution in [-0.4, -0.2) is 43.1 Å². The molecule has 7 heteroatoms. The Hall–Kier alpha value is -2.80. The Morgan fingerprint density at radius 1 is 1.32 bits per heavy atom. The molecular formula is C21H31N7. The van der Waals surface area contributed by atoms with Gasteiger partial charge in [0.1, 0.15) is 11.7 Å². The van der Waals surface area contributed by atoms with Gasteiger partial charge in [-0.05, 0) is 68.8 Å². The summed E-state index contributed by atoms with van der Waals surface area (Å²) in [6.07, 6.45) is 13.4. The number of rotatable bonds is 6. The second-order valence-corrected chi connectivity index (χ2v) is 7.76. The zero-order valence-electron chi connectivity index (χ0n) is 16.9. The van der Waals surface area contributed by atoms with Gasteiger partial charge in [0.2, 0.25) is 0 Å². The fraction of sp³-hybridized carbons (Fsp3) is 0.429. The highest BCUT2D eigenvalue weighted by Gasteiger charge is 2.19. The third kappa shape index (κ3) is 5.13. The van der Waals surface area contributed by atoms with Gasteiger partial charge < -0.3 is 32.0 Å². The number of piperidine rings is 1. The molecule has 3 heterocycles. The Balaban J connectivity index is 1.66. The highest BCUT2D eigenvalue weighted by Crippen LogP contribution is 2.20. The van der Waals surface area contributed by atoms with Gasteiger partial charge in [-0.15, -0.1) is 0 Å². The van der Waals surface area contributed by atoms with Crippen molar-refractivity contribution in [2.75, 3.05) is 20.1 Å². The van der Waals surface area contributed by atoms with E-state index in [2.05, 4.69) is 39.0 Å².